The normalized spacial score (nSPS) is 10.4. The number of pyridine rings is 1. The molecule has 1 amide bonds. The number of aromatic nitrogens is 1. The molecule has 0 spiro atoms. The van der Waals surface area contributed by atoms with Gasteiger partial charge in [-0.25, -0.2) is 0 Å². The lowest BCUT2D eigenvalue weighted by Gasteiger charge is -2.11. The van der Waals surface area contributed by atoms with E-state index in [4.69, 9.17) is 14.2 Å². The van der Waals surface area contributed by atoms with E-state index >= 15 is 0 Å². The standard InChI is InChI=1S/C21H22N2O4/c1-25-16-9-10-17(19(14-16)26-2)21(24)23-12-5-13-27-18-8-3-6-15-7-4-11-22-20(15)18/h3-4,6-11,14H,5,12-13H2,1-2H3,(H,23,24). The predicted molar refractivity (Wildman–Crippen MR) is 104 cm³/mol. The number of hydrogen-bond acceptors (Lipinski definition) is 5. The Balaban J connectivity index is 1.51. The third kappa shape index (κ3) is 4.47. The van der Waals surface area contributed by atoms with E-state index in [-0.39, 0.29) is 5.91 Å². The van der Waals surface area contributed by atoms with Crippen molar-refractivity contribution in [1.29, 1.82) is 0 Å². The van der Waals surface area contributed by atoms with Crippen molar-refractivity contribution in [3.05, 3.63) is 60.3 Å². The van der Waals surface area contributed by atoms with Crippen LogP contribution in [0.5, 0.6) is 17.2 Å². The molecule has 0 atom stereocenters. The zero-order valence-corrected chi connectivity index (χ0v) is 15.4. The molecule has 6 nitrogen and oxygen atoms in total. The summed E-state index contributed by atoms with van der Waals surface area (Å²) < 4.78 is 16.2. The summed E-state index contributed by atoms with van der Waals surface area (Å²) in [6, 6.07) is 14.8. The first-order chi connectivity index (χ1) is 13.2. The van der Waals surface area contributed by atoms with Gasteiger partial charge in [-0.1, -0.05) is 18.2 Å². The summed E-state index contributed by atoms with van der Waals surface area (Å²) in [6.45, 7) is 0.974. The molecule has 0 aliphatic carbocycles. The third-order valence-corrected chi connectivity index (χ3v) is 4.11. The number of benzene rings is 2. The minimum Gasteiger partial charge on any atom is -0.497 e. The van der Waals surface area contributed by atoms with Crippen LogP contribution in [0.1, 0.15) is 16.8 Å². The molecule has 0 aliphatic rings. The Labute approximate surface area is 158 Å². The van der Waals surface area contributed by atoms with E-state index in [0.29, 0.717) is 36.6 Å². The molecule has 3 rings (SSSR count). The molecule has 0 saturated carbocycles. The second kappa shape index (κ2) is 8.89. The van der Waals surface area contributed by atoms with Crippen LogP contribution in [-0.2, 0) is 0 Å². The van der Waals surface area contributed by atoms with Crippen LogP contribution in [0, 0.1) is 0 Å². The smallest absolute Gasteiger partial charge is 0.255 e. The highest BCUT2D eigenvalue weighted by atomic mass is 16.5. The van der Waals surface area contributed by atoms with Gasteiger partial charge in [-0.15, -0.1) is 0 Å². The van der Waals surface area contributed by atoms with Crippen LogP contribution < -0.4 is 19.5 Å². The number of nitrogens with one attached hydrogen (secondary N) is 1. The van der Waals surface area contributed by atoms with Crippen molar-refractivity contribution in [2.75, 3.05) is 27.4 Å². The Hall–Kier alpha value is -3.28. The Kier molecular flexibility index (Phi) is 6.10. The number of amides is 1. The molecular weight excluding hydrogens is 344 g/mol. The number of methoxy groups -OCH3 is 2. The lowest BCUT2D eigenvalue weighted by molar-refractivity contribution is 0.0948. The summed E-state index contributed by atoms with van der Waals surface area (Å²) >= 11 is 0. The molecule has 0 saturated heterocycles. The Morgan fingerprint density at radius 2 is 1.89 bits per heavy atom. The van der Waals surface area contributed by atoms with Crippen molar-refractivity contribution < 1.29 is 19.0 Å². The van der Waals surface area contributed by atoms with Gasteiger partial charge in [0.1, 0.15) is 22.8 Å². The fourth-order valence-electron chi connectivity index (χ4n) is 2.73. The number of fused-ring (bicyclic) bond motifs is 1. The maximum absolute atomic E-state index is 12.3. The van der Waals surface area contributed by atoms with Crippen LogP contribution in [0.2, 0.25) is 0 Å². The van der Waals surface area contributed by atoms with Crippen molar-refractivity contribution in [1.82, 2.24) is 10.3 Å². The van der Waals surface area contributed by atoms with Crippen molar-refractivity contribution in [2.24, 2.45) is 0 Å². The molecule has 0 radical (unpaired) electrons. The Morgan fingerprint density at radius 1 is 1.04 bits per heavy atom. The van der Waals surface area contributed by atoms with Gasteiger partial charge in [0.2, 0.25) is 0 Å². The number of para-hydroxylation sites is 1. The van der Waals surface area contributed by atoms with Gasteiger partial charge in [-0.05, 0) is 30.7 Å². The van der Waals surface area contributed by atoms with Gasteiger partial charge in [-0.3, -0.25) is 9.78 Å². The van der Waals surface area contributed by atoms with Crippen LogP contribution in [0.25, 0.3) is 10.9 Å². The van der Waals surface area contributed by atoms with E-state index < -0.39 is 0 Å². The fraction of sp³-hybridized carbons (Fsp3) is 0.238. The van der Waals surface area contributed by atoms with E-state index in [0.717, 1.165) is 16.7 Å². The quantitative estimate of drug-likeness (QED) is 0.619. The minimum absolute atomic E-state index is 0.193. The number of rotatable bonds is 8. The van der Waals surface area contributed by atoms with Crippen molar-refractivity contribution in [3.8, 4) is 17.2 Å². The van der Waals surface area contributed by atoms with Crippen LogP contribution in [-0.4, -0.2) is 38.3 Å². The SMILES string of the molecule is COc1ccc(C(=O)NCCCOc2cccc3cccnc23)c(OC)c1. The minimum atomic E-state index is -0.193. The van der Waals surface area contributed by atoms with Gasteiger partial charge < -0.3 is 19.5 Å². The average molecular weight is 366 g/mol. The zero-order chi connectivity index (χ0) is 19.1. The number of carbonyl (C=O) groups excluding carboxylic acids is 1. The van der Waals surface area contributed by atoms with Crippen molar-refractivity contribution in [3.63, 3.8) is 0 Å². The van der Waals surface area contributed by atoms with Crippen LogP contribution in [0.15, 0.2) is 54.7 Å². The summed E-state index contributed by atoms with van der Waals surface area (Å²) in [5, 5.41) is 3.92. The molecular formula is C21H22N2O4. The molecule has 0 fully saturated rings. The monoisotopic (exact) mass is 366 g/mol. The van der Waals surface area contributed by atoms with Gasteiger partial charge in [0.05, 0.1) is 26.4 Å². The summed E-state index contributed by atoms with van der Waals surface area (Å²) in [5.74, 6) is 1.67. The van der Waals surface area contributed by atoms with E-state index in [1.807, 2.05) is 30.3 Å². The zero-order valence-electron chi connectivity index (χ0n) is 15.4. The highest BCUT2D eigenvalue weighted by Gasteiger charge is 2.12. The molecule has 1 N–H and O–H groups in total. The van der Waals surface area contributed by atoms with Crippen LogP contribution >= 0.6 is 0 Å². The Morgan fingerprint density at radius 3 is 2.70 bits per heavy atom. The van der Waals surface area contributed by atoms with Crippen LogP contribution in [0.3, 0.4) is 0 Å². The van der Waals surface area contributed by atoms with E-state index in [9.17, 15) is 4.79 Å². The van der Waals surface area contributed by atoms with Gasteiger partial charge in [0.15, 0.2) is 0 Å². The summed E-state index contributed by atoms with van der Waals surface area (Å²) in [4.78, 5) is 16.7. The highest BCUT2D eigenvalue weighted by molar-refractivity contribution is 5.97. The first-order valence-electron chi connectivity index (χ1n) is 8.69. The third-order valence-electron chi connectivity index (χ3n) is 4.11. The van der Waals surface area contributed by atoms with Crippen molar-refractivity contribution in [2.45, 2.75) is 6.42 Å². The lowest BCUT2D eigenvalue weighted by Crippen LogP contribution is -2.26. The number of nitrogens with zero attached hydrogens (tertiary/aromatic N) is 1. The van der Waals surface area contributed by atoms with Gasteiger partial charge in [0.25, 0.3) is 5.91 Å². The van der Waals surface area contributed by atoms with E-state index in [2.05, 4.69) is 10.3 Å². The molecule has 0 unspecified atom stereocenters. The molecule has 0 aliphatic heterocycles. The maximum Gasteiger partial charge on any atom is 0.255 e. The molecule has 3 aromatic rings. The summed E-state index contributed by atoms with van der Waals surface area (Å²) in [5.41, 5.74) is 1.31. The fourth-order valence-corrected chi connectivity index (χ4v) is 2.73. The van der Waals surface area contributed by atoms with Gasteiger partial charge >= 0.3 is 0 Å². The van der Waals surface area contributed by atoms with Gasteiger partial charge in [0, 0.05) is 24.2 Å². The first kappa shape index (κ1) is 18.5. The number of hydrogen-bond donors (Lipinski definition) is 1. The topological polar surface area (TPSA) is 69.7 Å². The van der Waals surface area contributed by atoms with E-state index in [1.54, 1.807) is 31.5 Å². The first-order valence-corrected chi connectivity index (χ1v) is 8.69. The second-order valence-electron chi connectivity index (χ2n) is 5.86. The summed E-state index contributed by atoms with van der Waals surface area (Å²) in [6.07, 6.45) is 2.42. The molecule has 27 heavy (non-hydrogen) atoms. The van der Waals surface area contributed by atoms with Crippen LogP contribution in [0.4, 0.5) is 0 Å². The van der Waals surface area contributed by atoms with Crippen molar-refractivity contribution >= 4 is 16.8 Å². The van der Waals surface area contributed by atoms with E-state index in [1.165, 1.54) is 7.11 Å². The summed E-state index contributed by atoms with van der Waals surface area (Å²) in [7, 11) is 3.09. The van der Waals surface area contributed by atoms with Gasteiger partial charge in [-0.2, -0.15) is 0 Å². The number of ether oxygens (including phenoxy) is 3. The molecule has 2 aromatic carbocycles. The molecule has 0 bridgehead atoms. The molecule has 1 aromatic heterocycles. The molecule has 6 heteroatoms. The lowest BCUT2D eigenvalue weighted by atomic mass is 10.1. The maximum atomic E-state index is 12.3. The Bertz CT molecular complexity index is 922. The largest absolute Gasteiger partial charge is 0.497 e. The molecule has 140 valence electrons. The predicted octanol–water partition coefficient (Wildman–Crippen LogP) is 3.45. The second-order valence-corrected chi connectivity index (χ2v) is 5.86. The number of carbonyl (C=O) groups is 1. The highest BCUT2D eigenvalue weighted by Crippen LogP contribution is 2.25. The average Bonchev–Trinajstić information content (AvgIpc) is 2.72. The molecule has 1 heterocycles.